The van der Waals surface area contributed by atoms with E-state index in [9.17, 15) is 13.6 Å². The number of nitrogens with one attached hydrogen (secondary N) is 1. The quantitative estimate of drug-likeness (QED) is 0.593. The fourth-order valence-corrected chi connectivity index (χ4v) is 5.01. The van der Waals surface area contributed by atoms with Gasteiger partial charge in [-0.05, 0) is 43.2 Å². The zero-order chi connectivity index (χ0) is 23.9. The summed E-state index contributed by atoms with van der Waals surface area (Å²) >= 11 is 6.18. The Labute approximate surface area is 202 Å². The molecule has 4 heterocycles. The van der Waals surface area contributed by atoms with Crippen molar-refractivity contribution in [1.29, 1.82) is 0 Å². The fraction of sp³-hybridized carbons (Fsp3) is 0.542. The highest BCUT2D eigenvalue weighted by atomic mass is 35.5. The molecule has 0 radical (unpaired) electrons. The van der Waals surface area contributed by atoms with Crippen LogP contribution in [0, 0.1) is 5.41 Å². The second kappa shape index (κ2) is 8.83. The van der Waals surface area contributed by atoms with Gasteiger partial charge in [0.05, 0.1) is 24.7 Å². The summed E-state index contributed by atoms with van der Waals surface area (Å²) in [4.78, 5) is 25.8. The minimum atomic E-state index is -2.68. The van der Waals surface area contributed by atoms with Crippen LogP contribution in [0.3, 0.4) is 0 Å². The molecule has 1 amide bonds. The van der Waals surface area contributed by atoms with Gasteiger partial charge in [-0.3, -0.25) is 4.79 Å². The monoisotopic (exact) mass is 491 g/mol. The van der Waals surface area contributed by atoms with Gasteiger partial charge in [-0.15, -0.1) is 0 Å². The third-order valence-corrected chi connectivity index (χ3v) is 7.51. The molecule has 0 unspecified atom stereocenters. The molecular formula is C24H28ClF2N5O2. The Balaban J connectivity index is 1.35. The van der Waals surface area contributed by atoms with Crippen molar-refractivity contribution < 1.29 is 18.3 Å². The standard InChI is InChI=1S/C24H28ClF2N5O2/c1-34-19-3-2-16(29-21(19)32-12-8-24(26,27)9-13-32)22(33)30-17-15-28-20(25)14-18(17)31-10-6-23(4-5-23)7-11-31/h2-3,14-15H,4-13H2,1H3,(H,30,33). The highest BCUT2D eigenvalue weighted by Crippen LogP contribution is 2.54. The van der Waals surface area contributed by atoms with Gasteiger partial charge >= 0.3 is 0 Å². The number of alkyl halides is 2. The van der Waals surface area contributed by atoms with Crippen molar-refractivity contribution in [3.63, 3.8) is 0 Å². The normalized spacial score (nSPS) is 20.8. The number of hydrogen-bond donors (Lipinski definition) is 1. The van der Waals surface area contributed by atoms with Crippen LogP contribution in [-0.2, 0) is 0 Å². The van der Waals surface area contributed by atoms with Crippen LogP contribution in [-0.4, -0.2) is 55.1 Å². The van der Waals surface area contributed by atoms with Gasteiger partial charge < -0.3 is 19.9 Å². The minimum absolute atomic E-state index is 0.142. The molecule has 1 saturated carbocycles. The summed E-state index contributed by atoms with van der Waals surface area (Å²) in [5.41, 5.74) is 2.11. The smallest absolute Gasteiger partial charge is 0.274 e. The summed E-state index contributed by atoms with van der Waals surface area (Å²) in [6.07, 6.45) is 5.94. The zero-order valence-corrected chi connectivity index (χ0v) is 19.9. The lowest BCUT2D eigenvalue weighted by Gasteiger charge is -2.35. The lowest BCUT2D eigenvalue weighted by molar-refractivity contribution is -0.0222. The third-order valence-electron chi connectivity index (χ3n) is 7.31. The van der Waals surface area contributed by atoms with E-state index in [2.05, 4.69) is 20.2 Å². The summed E-state index contributed by atoms with van der Waals surface area (Å²) < 4.78 is 32.6. The lowest BCUT2D eigenvalue weighted by atomic mass is 9.93. The van der Waals surface area contributed by atoms with Crippen molar-refractivity contribution in [1.82, 2.24) is 9.97 Å². The number of piperidine rings is 2. The molecule has 2 saturated heterocycles. The second-order valence-corrected chi connectivity index (χ2v) is 9.92. The van der Waals surface area contributed by atoms with Crippen LogP contribution in [0.1, 0.15) is 49.0 Å². The Hall–Kier alpha value is -2.68. The Morgan fingerprint density at radius 2 is 1.74 bits per heavy atom. The van der Waals surface area contributed by atoms with Crippen LogP contribution in [0.25, 0.3) is 0 Å². The van der Waals surface area contributed by atoms with E-state index >= 15 is 0 Å². The summed E-state index contributed by atoms with van der Waals surface area (Å²) in [5, 5.41) is 3.29. The molecule has 2 aromatic rings. The summed E-state index contributed by atoms with van der Waals surface area (Å²) in [7, 11) is 1.49. The SMILES string of the molecule is COc1ccc(C(=O)Nc2cnc(Cl)cc2N2CCC3(CC2)CC3)nc1N1CCC(F)(F)CC1. The molecule has 0 atom stereocenters. The van der Waals surface area contributed by atoms with E-state index in [4.69, 9.17) is 16.3 Å². The van der Waals surface area contributed by atoms with Gasteiger partial charge in [0.15, 0.2) is 11.6 Å². The van der Waals surface area contributed by atoms with E-state index in [1.807, 2.05) is 0 Å². The highest BCUT2D eigenvalue weighted by molar-refractivity contribution is 6.29. The molecule has 5 rings (SSSR count). The average molecular weight is 492 g/mol. The third kappa shape index (κ3) is 4.76. The van der Waals surface area contributed by atoms with Crippen LogP contribution in [0.4, 0.5) is 26.0 Å². The molecule has 1 N–H and O–H groups in total. The first-order valence-corrected chi connectivity index (χ1v) is 12.1. The Morgan fingerprint density at radius 1 is 1.06 bits per heavy atom. The minimum Gasteiger partial charge on any atom is -0.493 e. The fourth-order valence-electron chi connectivity index (χ4n) is 4.86. The number of carbonyl (C=O) groups excluding carboxylic acids is 1. The van der Waals surface area contributed by atoms with Crippen molar-refractivity contribution >= 4 is 34.7 Å². The molecule has 182 valence electrons. The molecule has 0 aromatic carbocycles. The number of ether oxygens (including phenoxy) is 1. The topological polar surface area (TPSA) is 70.6 Å². The van der Waals surface area contributed by atoms with Crippen LogP contribution in [0.15, 0.2) is 24.4 Å². The number of aromatic nitrogens is 2. The van der Waals surface area contributed by atoms with Crippen LogP contribution < -0.4 is 19.9 Å². The predicted molar refractivity (Wildman–Crippen MR) is 127 cm³/mol. The molecular weight excluding hydrogens is 464 g/mol. The molecule has 1 aliphatic carbocycles. The maximum atomic E-state index is 13.6. The molecule has 3 aliphatic rings. The molecule has 1 spiro atoms. The van der Waals surface area contributed by atoms with Gasteiger partial charge in [-0.25, -0.2) is 18.7 Å². The number of anilines is 3. The van der Waals surface area contributed by atoms with Gasteiger partial charge in [-0.1, -0.05) is 11.6 Å². The van der Waals surface area contributed by atoms with Crippen LogP contribution in [0.2, 0.25) is 5.15 Å². The maximum absolute atomic E-state index is 13.6. The van der Waals surface area contributed by atoms with Crippen LogP contribution >= 0.6 is 11.6 Å². The molecule has 0 bridgehead atoms. The second-order valence-electron chi connectivity index (χ2n) is 9.53. The van der Waals surface area contributed by atoms with Crippen molar-refractivity contribution in [2.45, 2.75) is 44.4 Å². The largest absolute Gasteiger partial charge is 0.493 e. The van der Waals surface area contributed by atoms with Gasteiger partial charge in [0, 0.05) is 45.1 Å². The molecule has 34 heavy (non-hydrogen) atoms. The maximum Gasteiger partial charge on any atom is 0.274 e. The highest BCUT2D eigenvalue weighted by Gasteiger charge is 2.44. The van der Waals surface area contributed by atoms with Crippen molar-refractivity contribution in [2.24, 2.45) is 5.41 Å². The summed E-state index contributed by atoms with van der Waals surface area (Å²) in [6, 6.07) is 4.99. The van der Waals surface area contributed by atoms with Gasteiger partial charge in [0.1, 0.15) is 10.8 Å². The number of carbonyl (C=O) groups is 1. The zero-order valence-electron chi connectivity index (χ0n) is 19.1. The van der Waals surface area contributed by atoms with Crippen molar-refractivity contribution in [3.05, 3.63) is 35.2 Å². The first-order chi connectivity index (χ1) is 16.3. The molecule has 3 fully saturated rings. The molecule has 10 heteroatoms. The van der Waals surface area contributed by atoms with E-state index < -0.39 is 11.8 Å². The summed E-state index contributed by atoms with van der Waals surface area (Å²) in [5.74, 6) is -2.25. The van der Waals surface area contributed by atoms with Crippen LogP contribution in [0.5, 0.6) is 5.75 Å². The molecule has 7 nitrogen and oxygen atoms in total. The van der Waals surface area contributed by atoms with E-state index in [-0.39, 0.29) is 31.6 Å². The number of nitrogens with zero attached hydrogens (tertiary/aromatic N) is 4. The lowest BCUT2D eigenvalue weighted by Crippen LogP contribution is -2.40. The van der Waals surface area contributed by atoms with E-state index in [0.29, 0.717) is 27.8 Å². The predicted octanol–water partition coefficient (Wildman–Crippen LogP) is 5.01. The van der Waals surface area contributed by atoms with Crippen molar-refractivity contribution in [2.75, 3.05) is 48.4 Å². The number of amides is 1. The van der Waals surface area contributed by atoms with Gasteiger partial charge in [-0.2, -0.15) is 0 Å². The Kier molecular flexibility index (Phi) is 6.00. The van der Waals surface area contributed by atoms with E-state index in [1.54, 1.807) is 29.3 Å². The van der Waals surface area contributed by atoms with Gasteiger partial charge in [0.25, 0.3) is 11.8 Å². The molecule has 2 aliphatic heterocycles. The number of rotatable bonds is 5. The first-order valence-electron chi connectivity index (χ1n) is 11.7. The summed E-state index contributed by atoms with van der Waals surface area (Å²) in [6.45, 7) is 2.10. The number of methoxy groups -OCH3 is 1. The van der Waals surface area contributed by atoms with Crippen molar-refractivity contribution in [3.8, 4) is 5.75 Å². The van der Waals surface area contributed by atoms with Gasteiger partial charge in [0.2, 0.25) is 0 Å². The van der Waals surface area contributed by atoms with E-state index in [1.165, 1.54) is 20.0 Å². The number of pyridine rings is 2. The average Bonchev–Trinajstić information content (AvgIpc) is 3.59. The Morgan fingerprint density at radius 3 is 2.38 bits per heavy atom. The Bertz CT molecular complexity index is 1080. The van der Waals surface area contributed by atoms with E-state index in [0.717, 1.165) is 31.6 Å². The number of hydrogen-bond acceptors (Lipinski definition) is 6. The first kappa shape index (κ1) is 23.1. The molecule has 2 aromatic heterocycles. The number of halogens is 3.